The number of ketones is 3. The van der Waals surface area contributed by atoms with E-state index in [9.17, 15) is 19.2 Å². The third-order valence-electron chi connectivity index (χ3n) is 5.80. The maximum Gasteiger partial charge on any atom is 0.408 e. The zero-order chi connectivity index (χ0) is 23.8. The summed E-state index contributed by atoms with van der Waals surface area (Å²) in [6, 6.07) is 10.4. The van der Waals surface area contributed by atoms with Crippen molar-refractivity contribution < 1.29 is 23.9 Å². The van der Waals surface area contributed by atoms with Crippen LogP contribution in [-0.2, 0) is 38.6 Å². The second kappa shape index (κ2) is 11.5. The Morgan fingerprint density at radius 1 is 1.09 bits per heavy atom. The number of aromatic nitrogens is 1. The Labute approximate surface area is 193 Å². The van der Waals surface area contributed by atoms with E-state index in [2.05, 4.69) is 10.3 Å². The van der Waals surface area contributed by atoms with Gasteiger partial charge in [0.15, 0.2) is 11.6 Å². The number of hydrogen-bond acceptors (Lipinski definition) is 6. The number of fused-ring (bicyclic) bond motifs is 2. The first-order chi connectivity index (χ1) is 15.8. The maximum absolute atomic E-state index is 13.1. The van der Waals surface area contributed by atoms with Gasteiger partial charge < -0.3 is 10.1 Å². The molecule has 2 bridgehead atoms. The molecule has 0 fully saturated rings. The SMILES string of the molecule is CC(C)C(NC(=O)OCc1ccccc1)C(=O)CC1Cc2cncc(c2)CCCC(=O)C1=O. The molecule has 1 aromatic carbocycles. The summed E-state index contributed by atoms with van der Waals surface area (Å²) in [7, 11) is 0. The van der Waals surface area contributed by atoms with Crippen molar-refractivity contribution in [2.75, 3.05) is 0 Å². The summed E-state index contributed by atoms with van der Waals surface area (Å²) in [6.07, 6.45) is 4.28. The fraction of sp³-hybridized carbons (Fsp3) is 0.423. The van der Waals surface area contributed by atoms with Gasteiger partial charge in [-0.2, -0.15) is 0 Å². The summed E-state index contributed by atoms with van der Waals surface area (Å²) >= 11 is 0. The zero-order valence-corrected chi connectivity index (χ0v) is 19.1. The minimum absolute atomic E-state index is 0.0879. The number of carbonyl (C=O) groups excluding carboxylic acids is 4. The fourth-order valence-electron chi connectivity index (χ4n) is 4.02. The van der Waals surface area contributed by atoms with Crippen molar-refractivity contribution in [3.8, 4) is 0 Å². The average Bonchev–Trinajstić information content (AvgIpc) is 2.80. The molecule has 1 aromatic heterocycles. The van der Waals surface area contributed by atoms with Gasteiger partial charge in [-0.05, 0) is 41.9 Å². The molecule has 0 aliphatic heterocycles. The summed E-state index contributed by atoms with van der Waals surface area (Å²) in [6.45, 7) is 3.71. The van der Waals surface area contributed by atoms with Gasteiger partial charge in [0.05, 0.1) is 6.04 Å². The fourth-order valence-corrected chi connectivity index (χ4v) is 4.02. The molecular weight excluding hydrogens is 420 g/mol. The number of carbonyl (C=O) groups is 4. The number of aryl methyl sites for hydroxylation is 1. The van der Waals surface area contributed by atoms with E-state index >= 15 is 0 Å². The number of nitrogens with one attached hydrogen (secondary N) is 1. The number of benzene rings is 1. The lowest BCUT2D eigenvalue weighted by atomic mass is 9.84. The Hall–Kier alpha value is -3.35. The van der Waals surface area contributed by atoms with Gasteiger partial charge >= 0.3 is 6.09 Å². The van der Waals surface area contributed by atoms with E-state index < -0.39 is 29.6 Å². The Morgan fingerprint density at radius 2 is 1.82 bits per heavy atom. The molecule has 0 spiro atoms. The van der Waals surface area contributed by atoms with Crippen LogP contribution in [0.4, 0.5) is 4.79 Å². The summed E-state index contributed by atoms with van der Waals surface area (Å²) < 4.78 is 5.25. The van der Waals surface area contributed by atoms with E-state index in [0.29, 0.717) is 12.8 Å². The Bertz CT molecular complexity index is 1000. The highest BCUT2D eigenvalue weighted by atomic mass is 16.5. The third kappa shape index (κ3) is 7.07. The Morgan fingerprint density at radius 3 is 2.55 bits per heavy atom. The lowest BCUT2D eigenvalue weighted by Gasteiger charge is -2.23. The molecule has 0 radical (unpaired) electrons. The van der Waals surface area contributed by atoms with Crippen molar-refractivity contribution in [3.63, 3.8) is 0 Å². The minimum atomic E-state index is -0.823. The van der Waals surface area contributed by atoms with Crippen molar-refractivity contribution >= 4 is 23.4 Å². The molecule has 33 heavy (non-hydrogen) atoms. The van der Waals surface area contributed by atoms with Crippen LogP contribution in [0.1, 0.15) is 49.8 Å². The molecule has 7 nitrogen and oxygen atoms in total. The van der Waals surface area contributed by atoms with Crippen molar-refractivity contribution in [3.05, 3.63) is 65.5 Å². The van der Waals surface area contributed by atoms with E-state index in [0.717, 1.165) is 16.7 Å². The molecule has 2 aromatic rings. The van der Waals surface area contributed by atoms with Crippen LogP contribution in [-0.4, -0.2) is 34.5 Å². The molecule has 1 N–H and O–H groups in total. The predicted molar refractivity (Wildman–Crippen MR) is 122 cm³/mol. The third-order valence-corrected chi connectivity index (χ3v) is 5.80. The van der Waals surface area contributed by atoms with Crippen molar-refractivity contribution in [2.24, 2.45) is 11.8 Å². The standard InChI is InChI=1S/C26H30N2O5/c1-17(2)24(28-26(32)33-16-18-7-4-3-5-8-18)23(30)13-21-12-20-11-19(14-27-15-20)9-6-10-22(29)25(21)31/h3-5,7-8,11,14-15,17,21,24H,6,9-10,12-13,16H2,1-2H3,(H,28,32). The number of nitrogens with zero attached hydrogens (tertiary/aromatic N) is 1. The molecule has 3 rings (SSSR count). The van der Waals surface area contributed by atoms with E-state index in [1.807, 2.05) is 50.2 Å². The van der Waals surface area contributed by atoms with E-state index in [1.54, 1.807) is 12.4 Å². The highest BCUT2D eigenvalue weighted by molar-refractivity contribution is 6.38. The lowest BCUT2D eigenvalue weighted by molar-refractivity contribution is -0.140. The molecule has 1 aliphatic carbocycles. The second-order valence-electron chi connectivity index (χ2n) is 8.84. The molecule has 0 saturated carbocycles. The summed E-state index contributed by atoms with van der Waals surface area (Å²) in [5.41, 5.74) is 2.67. The van der Waals surface area contributed by atoms with Crippen LogP contribution in [0.15, 0.2) is 48.8 Å². The van der Waals surface area contributed by atoms with Crippen molar-refractivity contribution in [1.29, 1.82) is 0 Å². The van der Waals surface area contributed by atoms with Crippen LogP contribution < -0.4 is 5.32 Å². The second-order valence-corrected chi connectivity index (χ2v) is 8.84. The largest absolute Gasteiger partial charge is 0.445 e. The van der Waals surface area contributed by atoms with Gasteiger partial charge in [-0.25, -0.2) is 4.79 Å². The van der Waals surface area contributed by atoms with Crippen LogP contribution in [0.2, 0.25) is 0 Å². The van der Waals surface area contributed by atoms with Gasteiger partial charge in [0.1, 0.15) is 6.61 Å². The lowest BCUT2D eigenvalue weighted by Crippen LogP contribution is -2.46. The number of rotatable bonds is 7. The highest BCUT2D eigenvalue weighted by Gasteiger charge is 2.32. The molecular formula is C26H30N2O5. The molecule has 174 valence electrons. The normalized spacial score (nSPS) is 17.4. The van der Waals surface area contributed by atoms with Gasteiger partial charge in [-0.1, -0.05) is 50.2 Å². The number of amides is 1. The molecule has 2 unspecified atom stereocenters. The topological polar surface area (TPSA) is 102 Å². The van der Waals surface area contributed by atoms with E-state index in [1.165, 1.54) is 0 Å². The first-order valence-corrected chi connectivity index (χ1v) is 11.3. The number of alkyl carbamates (subject to hydrolysis) is 1. The molecule has 0 saturated heterocycles. The predicted octanol–water partition coefficient (Wildman–Crippen LogP) is 3.63. The zero-order valence-electron chi connectivity index (χ0n) is 19.1. The number of hydrogen-bond donors (Lipinski definition) is 1. The quantitative estimate of drug-likeness (QED) is 0.647. The van der Waals surface area contributed by atoms with Crippen LogP contribution >= 0.6 is 0 Å². The molecule has 1 aliphatic rings. The number of Topliss-reactive ketones (excluding diaryl/α,β-unsaturated/α-hetero) is 3. The average molecular weight is 451 g/mol. The smallest absolute Gasteiger partial charge is 0.408 e. The number of ether oxygens (including phenoxy) is 1. The van der Waals surface area contributed by atoms with Crippen molar-refractivity contribution in [1.82, 2.24) is 10.3 Å². The summed E-state index contributed by atoms with van der Waals surface area (Å²) in [4.78, 5) is 55.0. The maximum atomic E-state index is 13.1. The Balaban J connectivity index is 1.68. The van der Waals surface area contributed by atoms with Crippen LogP contribution in [0.5, 0.6) is 0 Å². The summed E-state index contributed by atoms with van der Waals surface area (Å²) in [5, 5.41) is 2.64. The van der Waals surface area contributed by atoms with Crippen LogP contribution in [0.25, 0.3) is 0 Å². The van der Waals surface area contributed by atoms with E-state index in [-0.39, 0.29) is 37.6 Å². The van der Waals surface area contributed by atoms with Gasteiger partial charge in [-0.3, -0.25) is 19.4 Å². The minimum Gasteiger partial charge on any atom is -0.445 e. The number of pyridine rings is 1. The van der Waals surface area contributed by atoms with Gasteiger partial charge in [0.25, 0.3) is 0 Å². The molecule has 1 heterocycles. The molecule has 1 amide bonds. The van der Waals surface area contributed by atoms with Crippen LogP contribution in [0, 0.1) is 11.8 Å². The van der Waals surface area contributed by atoms with Gasteiger partial charge in [0, 0.05) is 31.2 Å². The molecule has 2 atom stereocenters. The first kappa shape index (κ1) is 24.3. The van der Waals surface area contributed by atoms with Gasteiger partial charge in [-0.15, -0.1) is 0 Å². The van der Waals surface area contributed by atoms with Crippen LogP contribution in [0.3, 0.4) is 0 Å². The monoisotopic (exact) mass is 450 g/mol. The summed E-state index contributed by atoms with van der Waals surface area (Å²) in [5.74, 6) is -2.25. The Kier molecular flexibility index (Phi) is 8.46. The van der Waals surface area contributed by atoms with Crippen molar-refractivity contribution in [2.45, 2.75) is 58.6 Å². The molecule has 7 heteroatoms. The highest BCUT2D eigenvalue weighted by Crippen LogP contribution is 2.21. The van der Waals surface area contributed by atoms with Gasteiger partial charge in [0.2, 0.25) is 5.78 Å². The first-order valence-electron chi connectivity index (χ1n) is 11.3. The van der Waals surface area contributed by atoms with E-state index in [4.69, 9.17) is 4.74 Å².